The summed E-state index contributed by atoms with van der Waals surface area (Å²) in [5.74, 6) is 1.59. The van der Waals surface area contributed by atoms with Crippen molar-refractivity contribution in [2.45, 2.75) is 32.6 Å². The number of hydrogen-bond acceptors (Lipinski definition) is 3. The number of benzene rings is 1. The molecule has 0 saturated heterocycles. The molecule has 0 unspecified atom stereocenters. The molecular formula is C20H32BrIN4O2. The first-order chi connectivity index (χ1) is 13.2. The van der Waals surface area contributed by atoms with Crippen LogP contribution in [0, 0.1) is 5.92 Å². The molecule has 8 heteroatoms. The molecule has 1 aliphatic carbocycles. The van der Waals surface area contributed by atoms with E-state index in [1.165, 1.54) is 12.8 Å². The smallest absolute Gasteiger partial charge is 0.251 e. The highest BCUT2D eigenvalue weighted by atomic mass is 127. The number of ether oxygens (including phenoxy) is 1. The maximum Gasteiger partial charge on any atom is 0.251 e. The number of aliphatic imine (C=N–C) groups is 1. The van der Waals surface area contributed by atoms with Gasteiger partial charge in [-0.15, -0.1) is 24.0 Å². The second-order valence-electron chi connectivity index (χ2n) is 6.68. The van der Waals surface area contributed by atoms with Crippen LogP contribution in [0.25, 0.3) is 0 Å². The van der Waals surface area contributed by atoms with Crippen molar-refractivity contribution in [1.82, 2.24) is 16.0 Å². The number of guanidine groups is 1. The topological polar surface area (TPSA) is 74.8 Å². The molecule has 2 rings (SSSR count). The van der Waals surface area contributed by atoms with Crippen LogP contribution in [0.2, 0.25) is 0 Å². The number of amides is 1. The minimum atomic E-state index is -0.0530. The van der Waals surface area contributed by atoms with E-state index < -0.39 is 0 Å². The van der Waals surface area contributed by atoms with E-state index >= 15 is 0 Å². The molecule has 0 radical (unpaired) electrons. The predicted octanol–water partition coefficient (Wildman–Crippen LogP) is 3.56. The molecule has 0 aromatic heterocycles. The number of nitrogens with zero attached hydrogens (tertiary/aromatic N) is 1. The lowest BCUT2D eigenvalue weighted by Gasteiger charge is -2.11. The van der Waals surface area contributed by atoms with Crippen molar-refractivity contribution in [3.8, 4) is 0 Å². The molecule has 1 amide bonds. The summed E-state index contributed by atoms with van der Waals surface area (Å²) in [5, 5.41) is 9.48. The van der Waals surface area contributed by atoms with Crippen LogP contribution in [0.4, 0.5) is 0 Å². The van der Waals surface area contributed by atoms with E-state index in [1.54, 1.807) is 12.1 Å². The largest absolute Gasteiger partial charge is 0.381 e. The van der Waals surface area contributed by atoms with Crippen LogP contribution in [-0.2, 0) is 4.74 Å². The number of carbonyl (C=O) groups is 1. The lowest BCUT2D eigenvalue weighted by molar-refractivity contribution is 0.0953. The van der Waals surface area contributed by atoms with E-state index in [0.717, 1.165) is 55.5 Å². The van der Waals surface area contributed by atoms with Gasteiger partial charge in [0.25, 0.3) is 5.91 Å². The second kappa shape index (κ2) is 15.0. The van der Waals surface area contributed by atoms with Crippen LogP contribution in [0.15, 0.2) is 33.7 Å². The molecule has 28 heavy (non-hydrogen) atoms. The average Bonchev–Trinajstić information content (AvgIpc) is 3.49. The quantitative estimate of drug-likeness (QED) is 0.156. The summed E-state index contributed by atoms with van der Waals surface area (Å²) < 4.78 is 6.60. The Hall–Kier alpha value is -0.870. The highest BCUT2D eigenvalue weighted by Gasteiger charge is 2.20. The Morgan fingerprint density at radius 3 is 2.54 bits per heavy atom. The van der Waals surface area contributed by atoms with Gasteiger partial charge in [0.1, 0.15) is 0 Å². The van der Waals surface area contributed by atoms with E-state index in [1.807, 2.05) is 19.1 Å². The van der Waals surface area contributed by atoms with Crippen LogP contribution in [0.5, 0.6) is 0 Å². The Morgan fingerprint density at radius 1 is 1.14 bits per heavy atom. The van der Waals surface area contributed by atoms with Gasteiger partial charge in [0.05, 0.1) is 0 Å². The summed E-state index contributed by atoms with van der Waals surface area (Å²) in [5.41, 5.74) is 0.667. The first kappa shape index (κ1) is 25.2. The van der Waals surface area contributed by atoms with E-state index in [0.29, 0.717) is 18.7 Å². The fraction of sp³-hybridized carbons (Fsp3) is 0.600. The fourth-order valence-electron chi connectivity index (χ4n) is 2.43. The average molecular weight is 567 g/mol. The van der Waals surface area contributed by atoms with Crippen molar-refractivity contribution in [1.29, 1.82) is 0 Å². The lowest BCUT2D eigenvalue weighted by Crippen LogP contribution is -2.38. The zero-order valence-electron chi connectivity index (χ0n) is 16.5. The molecule has 0 atom stereocenters. The van der Waals surface area contributed by atoms with Crippen molar-refractivity contribution in [3.63, 3.8) is 0 Å². The zero-order valence-corrected chi connectivity index (χ0v) is 20.4. The van der Waals surface area contributed by atoms with E-state index in [-0.39, 0.29) is 29.9 Å². The van der Waals surface area contributed by atoms with Crippen molar-refractivity contribution < 1.29 is 9.53 Å². The normalized spacial score (nSPS) is 13.6. The summed E-state index contributed by atoms with van der Waals surface area (Å²) in [6, 6.07) is 7.34. The number of hydrogen-bond donors (Lipinski definition) is 3. The third-order valence-electron chi connectivity index (χ3n) is 4.15. The van der Waals surface area contributed by atoms with Crippen molar-refractivity contribution in [3.05, 3.63) is 34.3 Å². The van der Waals surface area contributed by atoms with Gasteiger partial charge in [0.2, 0.25) is 0 Å². The Morgan fingerprint density at radius 2 is 1.86 bits per heavy atom. The van der Waals surface area contributed by atoms with Crippen LogP contribution in [-0.4, -0.2) is 51.3 Å². The fourth-order valence-corrected chi connectivity index (χ4v) is 2.70. The van der Waals surface area contributed by atoms with Gasteiger partial charge in [-0.2, -0.15) is 0 Å². The van der Waals surface area contributed by atoms with E-state index in [4.69, 9.17) is 4.74 Å². The SMILES string of the molecule is CCNC(=NCCCNC(=O)c1ccc(Br)cc1)NCCCOCC1CC1.I. The van der Waals surface area contributed by atoms with Crippen molar-refractivity contribution in [2.75, 3.05) is 39.4 Å². The molecule has 0 aliphatic heterocycles. The summed E-state index contributed by atoms with van der Waals surface area (Å²) in [7, 11) is 0. The third kappa shape index (κ3) is 11.2. The number of carbonyl (C=O) groups excluding carboxylic acids is 1. The van der Waals surface area contributed by atoms with E-state index in [9.17, 15) is 4.79 Å². The second-order valence-corrected chi connectivity index (χ2v) is 7.59. The van der Waals surface area contributed by atoms with Crippen LogP contribution in [0.1, 0.15) is 43.0 Å². The Labute approximate surface area is 193 Å². The molecule has 0 heterocycles. The van der Waals surface area contributed by atoms with Crippen LogP contribution < -0.4 is 16.0 Å². The molecule has 3 N–H and O–H groups in total. The lowest BCUT2D eigenvalue weighted by atomic mass is 10.2. The minimum Gasteiger partial charge on any atom is -0.381 e. The Balaban J connectivity index is 0.00000392. The molecule has 158 valence electrons. The van der Waals surface area contributed by atoms with Gasteiger partial charge in [0, 0.05) is 49.4 Å². The third-order valence-corrected chi connectivity index (χ3v) is 4.68. The first-order valence-corrected chi connectivity index (χ1v) is 10.6. The van der Waals surface area contributed by atoms with Gasteiger partial charge in [-0.1, -0.05) is 15.9 Å². The number of halogens is 2. The van der Waals surface area contributed by atoms with Gasteiger partial charge in [-0.25, -0.2) is 0 Å². The predicted molar refractivity (Wildman–Crippen MR) is 129 cm³/mol. The Bertz CT molecular complexity index is 594. The molecule has 0 spiro atoms. The van der Waals surface area contributed by atoms with Gasteiger partial charge in [-0.3, -0.25) is 9.79 Å². The van der Waals surface area contributed by atoms with E-state index in [2.05, 4.69) is 36.9 Å². The van der Waals surface area contributed by atoms with Gasteiger partial charge >= 0.3 is 0 Å². The highest BCUT2D eigenvalue weighted by Crippen LogP contribution is 2.28. The zero-order chi connectivity index (χ0) is 19.3. The molecule has 1 aromatic carbocycles. The van der Waals surface area contributed by atoms with Crippen LogP contribution >= 0.6 is 39.9 Å². The maximum absolute atomic E-state index is 12.0. The van der Waals surface area contributed by atoms with Crippen molar-refractivity contribution in [2.24, 2.45) is 10.9 Å². The van der Waals surface area contributed by atoms with Gasteiger partial charge in [0.15, 0.2) is 5.96 Å². The molecule has 1 aliphatic rings. The first-order valence-electron chi connectivity index (χ1n) is 9.82. The summed E-state index contributed by atoms with van der Waals surface area (Å²) in [6.45, 7) is 6.70. The maximum atomic E-state index is 12.0. The molecular weight excluding hydrogens is 535 g/mol. The minimum absolute atomic E-state index is 0. The summed E-state index contributed by atoms with van der Waals surface area (Å²) in [4.78, 5) is 16.6. The van der Waals surface area contributed by atoms with Gasteiger partial charge < -0.3 is 20.7 Å². The molecule has 1 saturated carbocycles. The van der Waals surface area contributed by atoms with Crippen LogP contribution in [0.3, 0.4) is 0 Å². The number of nitrogens with one attached hydrogen (secondary N) is 3. The molecule has 1 aromatic rings. The molecule has 1 fully saturated rings. The summed E-state index contributed by atoms with van der Waals surface area (Å²) >= 11 is 3.37. The monoisotopic (exact) mass is 566 g/mol. The standard InChI is InChI=1S/C20H31BrN4O2.HI/c1-2-22-20(25-13-4-14-27-15-16-5-6-16)24-12-3-11-23-19(26)17-7-9-18(21)10-8-17;/h7-10,16H,2-6,11-15H2,1H3,(H,23,26)(H2,22,24,25);1H. The molecule has 6 nitrogen and oxygen atoms in total. The molecule has 0 bridgehead atoms. The Kier molecular flexibility index (Phi) is 13.5. The number of rotatable bonds is 12. The summed E-state index contributed by atoms with van der Waals surface area (Å²) in [6.07, 6.45) is 4.43. The van der Waals surface area contributed by atoms with Gasteiger partial charge in [-0.05, 0) is 62.8 Å². The van der Waals surface area contributed by atoms with Crippen molar-refractivity contribution >= 4 is 51.8 Å². The highest BCUT2D eigenvalue weighted by molar-refractivity contribution is 14.0.